The number of phenolic OH excluding ortho intramolecular Hbond substituents is 1. The van der Waals surface area contributed by atoms with Crippen molar-refractivity contribution in [1.82, 2.24) is 9.78 Å². The van der Waals surface area contributed by atoms with Gasteiger partial charge in [0.05, 0.1) is 19.3 Å². The number of hydrogen-bond donors (Lipinski definition) is 3. The quantitative estimate of drug-likeness (QED) is 0.565. The molecule has 10 heteroatoms. The summed E-state index contributed by atoms with van der Waals surface area (Å²) in [7, 11) is 1.50. The Morgan fingerprint density at radius 1 is 1.26 bits per heavy atom. The maximum absolute atomic E-state index is 13.8. The van der Waals surface area contributed by atoms with E-state index in [9.17, 15) is 23.1 Å². The van der Waals surface area contributed by atoms with Gasteiger partial charge < -0.3 is 20.5 Å². The minimum Gasteiger partial charge on any atom is -0.508 e. The number of amides is 1. The predicted octanol–water partition coefficient (Wildman–Crippen LogP) is 4.51. The van der Waals surface area contributed by atoms with Crippen molar-refractivity contribution in [2.45, 2.75) is 24.7 Å². The predicted molar refractivity (Wildman–Crippen MR) is 107 cm³/mol. The van der Waals surface area contributed by atoms with E-state index in [1.807, 2.05) is 0 Å². The fourth-order valence-electron chi connectivity index (χ4n) is 3.57. The first-order valence-corrected chi connectivity index (χ1v) is 9.41. The molecule has 1 aliphatic rings. The maximum Gasteiger partial charge on any atom is 0.410 e. The second-order valence-electron chi connectivity index (χ2n) is 7.12. The SMILES string of the molecule is COc1ccc(C2CC(C(F)(F)F)n3ncc(C(=O)Nc4cccc(O)c4)c3N2)cc1. The molecule has 2 atom stereocenters. The Balaban J connectivity index is 1.67. The molecule has 7 nitrogen and oxygen atoms in total. The van der Waals surface area contributed by atoms with Crippen LogP contribution in [-0.4, -0.2) is 34.1 Å². The van der Waals surface area contributed by atoms with Crippen LogP contribution < -0.4 is 15.4 Å². The van der Waals surface area contributed by atoms with Crippen LogP contribution in [0.2, 0.25) is 0 Å². The van der Waals surface area contributed by atoms with Crippen molar-refractivity contribution in [1.29, 1.82) is 0 Å². The first kappa shape index (κ1) is 20.6. The van der Waals surface area contributed by atoms with Gasteiger partial charge in [-0.3, -0.25) is 4.79 Å². The molecule has 1 amide bonds. The molecule has 1 aliphatic heterocycles. The van der Waals surface area contributed by atoms with Crippen LogP contribution in [0.5, 0.6) is 11.5 Å². The monoisotopic (exact) mass is 432 g/mol. The number of methoxy groups -OCH3 is 1. The number of benzene rings is 2. The van der Waals surface area contributed by atoms with E-state index in [-0.39, 0.29) is 23.6 Å². The van der Waals surface area contributed by atoms with E-state index in [1.165, 1.54) is 25.3 Å². The molecule has 2 heterocycles. The van der Waals surface area contributed by atoms with Crippen molar-refractivity contribution < 1.29 is 27.8 Å². The molecular weight excluding hydrogens is 413 g/mol. The fourth-order valence-corrected chi connectivity index (χ4v) is 3.57. The fraction of sp³-hybridized carbons (Fsp3) is 0.238. The van der Waals surface area contributed by atoms with Crippen molar-refractivity contribution in [2.24, 2.45) is 0 Å². The van der Waals surface area contributed by atoms with Gasteiger partial charge in [0.1, 0.15) is 22.9 Å². The summed E-state index contributed by atoms with van der Waals surface area (Å²) in [5.41, 5.74) is 0.900. The number of phenols is 1. The third-order valence-corrected chi connectivity index (χ3v) is 5.11. The van der Waals surface area contributed by atoms with Crippen LogP contribution in [0.4, 0.5) is 24.7 Å². The topological polar surface area (TPSA) is 88.4 Å². The minimum atomic E-state index is -4.55. The number of carbonyl (C=O) groups is 1. The Bertz CT molecular complexity index is 1100. The second-order valence-corrected chi connectivity index (χ2v) is 7.12. The highest BCUT2D eigenvalue weighted by Crippen LogP contribution is 2.44. The number of fused-ring (bicyclic) bond motifs is 1. The molecule has 2 aromatic carbocycles. The number of carbonyl (C=O) groups excluding carboxylic acids is 1. The van der Waals surface area contributed by atoms with Crippen molar-refractivity contribution in [3.8, 4) is 11.5 Å². The summed E-state index contributed by atoms with van der Waals surface area (Å²) >= 11 is 0. The Kier molecular flexibility index (Phi) is 5.22. The summed E-state index contributed by atoms with van der Waals surface area (Å²) in [5.74, 6) is -0.129. The Hall–Kier alpha value is -3.69. The van der Waals surface area contributed by atoms with Gasteiger partial charge in [-0.1, -0.05) is 18.2 Å². The molecule has 0 aliphatic carbocycles. The largest absolute Gasteiger partial charge is 0.508 e. The van der Waals surface area contributed by atoms with Crippen LogP contribution in [0, 0.1) is 0 Å². The van der Waals surface area contributed by atoms with Gasteiger partial charge in [-0.2, -0.15) is 18.3 Å². The zero-order chi connectivity index (χ0) is 22.2. The molecule has 1 aromatic heterocycles. The lowest BCUT2D eigenvalue weighted by atomic mass is 9.96. The van der Waals surface area contributed by atoms with Crippen LogP contribution in [0.1, 0.15) is 34.4 Å². The van der Waals surface area contributed by atoms with Crippen LogP contribution in [0.3, 0.4) is 0 Å². The number of ether oxygens (including phenoxy) is 1. The Labute approximate surface area is 175 Å². The van der Waals surface area contributed by atoms with Gasteiger partial charge in [-0.15, -0.1) is 0 Å². The molecule has 2 unspecified atom stereocenters. The maximum atomic E-state index is 13.8. The summed E-state index contributed by atoms with van der Waals surface area (Å²) in [4.78, 5) is 12.8. The van der Waals surface area contributed by atoms with E-state index in [4.69, 9.17) is 4.74 Å². The van der Waals surface area contributed by atoms with Crippen LogP contribution in [-0.2, 0) is 0 Å². The molecule has 162 valence electrons. The van der Waals surface area contributed by atoms with Crippen molar-refractivity contribution >= 4 is 17.4 Å². The van der Waals surface area contributed by atoms with E-state index in [1.54, 1.807) is 30.3 Å². The molecule has 31 heavy (non-hydrogen) atoms. The highest BCUT2D eigenvalue weighted by molar-refractivity contribution is 6.07. The van der Waals surface area contributed by atoms with Gasteiger partial charge in [0, 0.05) is 18.2 Å². The minimum absolute atomic E-state index is 0.0213. The normalized spacial score (nSPS) is 18.1. The first-order chi connectivity index (χ1) is 14.8. The molecule has 4 rings (SSSR count). The smallest absolute Gasteiger partial charge is 0.410 e. The van der Waals surface area contributed by atoms with E-state index in [0.29, 0.717) is 17.0 Å². The molecule has 0 saturated carbocycles. The summed E-state index contributed by atoms with van der Waals surface area (Å²) < 4.78 is 47.3. The third kappa shape index (κ3) is 4.14. The van der Waals surface area contributed by atoms with Gasteiger partial charge >= 0.3 is 6.18 Å². The zero-order valence-electron chi connectivity index (χ0n) is 16.3. The lowest BCUT2D eigenvalue weighted by molar-refractivity contribution is -0.173. The van der Waals surface area contributed by atoms with E-state index in [0.717, 1.165) is 10.9 Å². The van der Waals surface area contributed by atoms with Crippen LogP contribution in [0.15, 0.2) is 54.7 Å². The average Bonchev–Trinajstić information content (AvgIpc) is 3.16. The number of alkyl halides is 3. The Morgan fingerprint density at radius 2 is 2.00 bits per heavy atom. The van der Waals surface area contributed by atoms with Crippen molar-refractivity contribution in [3.63, 3.8) is 0 Å². The standard InChI is InChI=1S/C21H19F3N4O3/c1-31-15-7-5-12(6-8-15)17-10-18(21(22,23)24)28-19(27-17)16(11-25-28)20(30)26-13-3-2-4-14(29)9-13/h2-9,11,17-18,27,29H,10H2,1H3,(H,26,30). The molecular formula is C21H19F3N4O3. The molecule has 0 radical (unpaired) electrons. The lowest BCUT2D eigenvalue weighted by Gasteiger charge is -2.34. The van der Waals surface area contributed by atoms with E-state index < -0.39 is 24.2 Å². The summed E-state index contributed by atoms with van der Waals surface area (Å²) in [6.07, 6.45) is -3.72. The Morgan fingerprint density at radius 3 is 2.65 bits per heavy atom. The number of aromatic nitrogens is 2. The highest BCUT2D eigenvalue weighted by atomic mass is 19.4. The zero-order valence-corrected chi connectivity index (χ0v) is 16.3. The molecule has 3 N–H and O–H groups in total. The van der Waals surface area contributed by atoms with E-state index in [2.05, 4.69) is 15.7 Å². The number of nitrogens with one attached hydrogen (secondary N) is 2. The number of hydrogen-bond acceptors (Lipinski definition) is 5. The molecule has 0 spiro atoms. The van der Waals surface area contributed by atoms with Crippen molar-refractivity contribution in [3.05, 3.63) is 65.9 Å². The second kappa shape index (κ2) is 7.86. The number of anilines is 2. The average molecular weight is 432 g/mol. The molecule has 0 fully saturated rings. The van der Waals surface area contributed by atoms with Gasteiger partial charge in [-0.25, -0.2) is 4.68 Å². The third-order valence-electron chi connectivity index (χ3n) is 5.11. The molecule has 0 saturated heterocycles. The van der Waals surface area contributed by atoms with Crippen LogP contribution in [0.25, 0.3) is 0 Å². The van der Waals surface area contributed by atoms with Gasteiger partial charge in [0.2, 0.25) is 0 Å². The summed E-state index contributed by atoms with van der Waals surface area (Å²) in [5, 5.41) is 19.0. The number of rotatable bonds is 4. The van der Waals surface area contributed by atoms with Crippen molar-refractivity contribution in [2.75, 3.05) is 17.7 Å². The van der Waals surface area contributed by atoms with Crippen LogP contribution >= 0.6 is 0 Å². The number of halogens is 3. The van der Waals surface area contributed by atoms with Gasteiger partial charge in [0.25, 0.3) is 5.91 Å². The lowest BCUT2D eigenvalue weighted by Crippen LogP contribution is -2.36. The summed E-state index contributed by atoms with van der Waals surface area (Å²) in [6, 6.07) is 9.99. The highest BCUT2D eigenvalue weighted by Gasteiger charge is 2.47. The van der Waals surface area contributed by atoms with E-state index >= 15 is 0 Å². The van der Waals surface area contributed by atoms with Gasteiger partial charge in [0.15, 0.2) is 6.04 Å². The number of nitrogens with zero attached hydrogens (tertiary/aromatic N) is 2. The number of aromatic hydroxyl groups is 1. The molecule has 3 aromatic rings. The molecule has 0 bridgehead atoms. The van der Waals surface area contributed by atoms with Gasteiger partial charge in [-0.05, 0) is 29.8 Å². The summed E-state index contributed by atoms with van der Waals surface area (Å²) in [6.45, 7) is 0. The first-order valence-electron chi connectivity index (χ1n) is 9.41.